The molecule has 20 heavy (non-hydrogen) atoms. The van der Waals surface area contributed by atoms with Gasteiger partial charge in [-0.3, -0.25) is 4.79 Å². The Balaban J connectivity index is 0.00000361. The Kier molecular flexibility index (Phi) is 11.8. The third kappa shape index (κ3) is 7.88. The number of methoxy groups -OCH3 is 1. The molecule has 0 aromatic heterocycles. The van der Waals surface area contributed by atoms with E-state index in [1.54, 1.807) is 7.11 Å². The Hall–Kier alpha value is -0.570. The molecule has 1 saturated heterocycles. The third-order valence-corrected chi connectivity index (χ3v) is 2.99. The molecule has 6 nitrogen and oxygen atoms in total. The van der Waals surface area contributed by atoms with Crippen LogP contribution in [0.3, 0.4) is 0 Å². The van der Waals surface area contributed by atoms with E-state index in [9.17, 15) is 4.79 Å². The minimum absolute atomic E-state index is 0. The normalized spacial score (nSPS) is 14.9. The summed E-state index contributed by atoms with van der Waals surface area (Å²) in [6.45, 7) is 6.29. The van der Waals surface area contributed by atoms with E-state index in [1.807, 2.05) is 11.8 Å². The summed E-state index contributed by atoms with van der Waals surface area (Å²) in [5.74, 6) is 0.817. The minimum atomic E-state index is 0. The molecule has 0 aliphatic carbocycles. The van der Waals surface area contributed by atoms with Crippen LogP contribution in [0.2, 0.25) is 0 Å². The van der Waals surface area contributed by atoms with Crippen LogP contribution < -0.4 is 10.6 Å². The summed E-state index contributed by atoms with van der Waals surface area (Å²) >= 11 is 0. The van der Waals surface area contributed by atoms with Gasteiger partial charge >= 0.3 is 0 Å². The van der Waals surface area contributed by atoms with Crippen molar-refractivity contribution in [2.45, 2.75) is 26.2 Å². The topological polar surface area (TPSA) is 66.0 Å². The molecule has 0 atom stereocenters. The highest BCUT2D eigenvalue weighted by Gasteiger charge is 2.17. The van der Waals surface area contributed by atoms with Gasteiger partial charge in [-0.2, -0.15) is 0 Å². The highest BCUT2D eigenvalue weighted by molar-refractivity contribution is 14.0. The zero-order valence-electron chi connectivity index (χ0n) is 12.5. The summed E-state index contributed by atoms with van der Waals surface area (Å²) in [6, 6.07) is 0. The summed E-state index contributed by atoms with van der Waals surface area (Å²) in [6.07, 6.45) is 3.15. The maximum absolute atomic E-state index is 11.9. The van der Waals surface area contributed by atoms with Gasteiger partial charge in [-0.1, -0.05) is 0 Å². The SMILES string of the molecule is CCNC(=NCC(=O)N1CCCC1)NCCCOC.I. The van der Waals surface area contributed by atoms with Crippen LogP contribution in [-0.2, 0) is 9.53 Å². The number of guanidine groups is 1. The van der Waals surface area contributed by atoms with Gasteiger partial charge < -0.3 is 20.3 Å². The lowest BCUT2D eigenvalue weighted by atomic mass is 10.4. The van der Waals surface area contributed by atoms with Crippen molar-refractivity contribution in [3.05, 3.63) is 0 Å². The lowest BCUT2D eigenvalue weighted by molar-refractivity contribution is -0.128. The van der Waals surface area contributed by atoms with E-state index in [0.717, 1.165) is 52.0 Å². The minimum Gasteiger partial charge on any atom is -0.385 e. The van der Waals surface area contributed by atoms with Crippen LogP contribution in [0.15, 0.2) is 4.99 Å². The lowest BCUT2D eigenvalue weighted by Crippen LogP contribution is -2.39. The molecule has 0 bridgehead atoms. The molecule has 7 heteroatoms. The molecule has 1 amide bonds. The molecule has 1 fully saturated rings. The Labute approximate surface area is 138 Å². The number of likely N-dealkylation sites (tertiary alicyclic amines) is 1. The zero-order valence-corrected chi connectivity index (χ0v) is 14.8. The Morgan fingerprint density at radius 2 is 2.00 bits per heavy atom. The number of aliphatic imine (C=N–C) groups is 1. The van der Waals surface area contributed by atoms with Crippen molar-refractivity contribution in [1.82, 2.24) is 15.5 Å². The van der Waals surface area contributed by atoms with Gasteiger partial charge in [-0.15, -0.1) is 24.0 Å². The molecule has 0 unspecified atom stereocenters. The molecule has 118 valence electrons. The molecule has 0 aromatic carbocycles. The number of amides is 1. The third-order valence-electron chi connectivity index (χ3n) is 2.99. The van der Waals surface area contributed by atoms with Crippen LogP contribution in [0, 0.1) is 0 Å². The van der Waals surface area contributed by atoms with Crippen LogP contribution in [0.1, 0.15) is 26.2 Å². The summed E-state index contributed by atoms with van der Waals surface area (Å²) < 4.78 is 4.99. The van der Waals surface area contributed by atoms with Gasteiger partial charge in [0.25, 0.3) is 0 Å². The monoisotopic (exact) mass is 398 g/mol. The average molecular weight is 398 g/mol. The Morgan fingerprint density at radius 1 is 1.30 bits per heavy atom. The Morgan fingerprint density at radius 3 is 2.60 bits per heavy atom. The number of hydrogen-bond acceptors (Lipinski definition) is 3. The molecular weight excluding hydrogens is 371 g/mol. The number of rotatable bonds is 7. The van der Waals surface area contributed by atoms with Crippen molar-refractivity contribution in [3.63, 3.8) is 0 Å². The van der Waals surface area contributed by atoms with Gasteiger partial charge in [0, 0.05) is 39.9 Å². The maximum atomic E-state index is 11.9. The van der Waals surface area contributed by atoms with Crippen molar-refractivity contribution in [3.8, 4) is 0 Å². The van der Waals surface area contributed by atoms with Crippen molar-refractivity contribution in [2.75, 3.05) is 46.4 Å². The van der Waals surface area contributed by atoms with Crippen molar-refractivity contribution in [2.24, 2.45) is 4.99 Å². The first kappa shape index (κ1) is 19.4. The Bertz CT molecular complexity index is 294. The first-order valence-corrected chi connectivity index (χ1v) is 7.06. The summed E-state index contributed by atoms with van der Waals surface area (Å²) in [4.78, 5) is 18.1. The van der Waals surface area contributed by atoms with E-state index in [-0.39, 0.29) is 36.4 Å². The molecule has 1 rings (SSSR count). The summed E-state index contributed by atoms with van der Waals surface area (Å²) in [5.41, 5.74) is 0. The fourth-order valence-corrected chi connectivity index (χ4v) is 1.98. The van der Waals surface area contributed by atoms with Crippen molar-refractivity contribution < 1.29 is 9.53 Å². The van der Waals surface area contributed by atoms with Crippen LogP contribution in [0.4, 0.5) is 0 Å². The van der Waals surface area contributed by atoms with Crippen LogP contribution in [0.5, 0.6) is 0 Å². The van der Waals surface area contributed by atoms with Gasteiger partial charge in [0.15, 0.2) is 5.96 Å². The smallest absolute Gasteiger partial charge is 0.244 e. The van der Waals surface area contributed by atoms with Crippen LogP contribution in [0.25, 0.3) is 0 Å². The van der Waals surface area contributed by atoms with E-state index in [0.29, 0.717) is 5.96 Å². The number of hydrogen-bond donors (Lipinski definition) is 2. The van der Waals surface area contributed by atoms with Gasteiger partial charge in [-0.25, -0.2) is 4.99 Å². The highest BCUT2D eigenvalue weighted by atomic mass is 127. The first-order chi connectivity index (χ1) is 9.27. The first-order valence-electron chi connectivity index (χ1n) is 7.06. The molecule has 0 saturated carbocycles. The lowest BCUT2D eigenvalue weighted by Gasteiger charge is -2.15. The quantitative estimate of drug-likeness (QED) is 0.289. The molecular formula is C13H27IN4O2. The molecule has 0 radical (unpaired) electrons. The second-order valence-corrected chi connectivity index (χ2v) is 4.56. The predicted molar refractivity (Wildman–Crippen MR) is 91.7 cm³/mol. The number of carbonyl (C=O) groups is 1. The van der Waals surface area contributed by atoms with Gasteiger partial charge in [0.1, 0.15) is 6.54 Å². The fraction of sp³-hybridized carbons (Fsp3) is 0.846. The number of carbonyl (C=O) groups excluding carboxylic acids is 1. The van der Waals surface area contributed by atoms with E-state index in [1.165, 1.54) is 0 Å². The van der Waals surface area contributed by atoms with Gasteiger partial charge in [-0.05, 0) is 26.2 Å². The molecule has 2 N–H and O–H groups in total. The predicted octanol–water partition coefficient (Wildman–Crippen LogP) is 0.818. The average Bonchev–Trinajstić information content (AvgIpc) is 2.94. The molecule has 0 aromatic rings. The molecule has 1 aliphatic heterocycles. The van der Waals surface area contributed by atoms with E-state index in [2.05, 4.69) is 15.6 Å². The number of ether oxygens (including phenoxy) is 1. The molecule has 1 aliphatic rings. The van der Waals surface area contributed by atoms with E-state index >= 15 is 0 Å². The summed E-state index contributed by atoms with van der Waals surface area (Å²) in [7, 11) is 1.69. The van der Waals surface area contributed by atoms with Crippen LogP contribution >= 0.6 is 24.0 Å². The number of nitrogens with one attached hydrogen (secondary N) is 2. The number of halogens is 1. The fourth-order valence-electron chi connectivity index (χ4n) is 1.98. The molecule has 0 spiro atoms. The van der Waals surface area contributed by atoms with E-state index in [4.69, 9.17) is 4.74 Å². The highest BCUT2D eigenvalue weighted by Crippen LogP contribution is 2.07. The second-order valence-electron chi connectivity index (χ2n) is 4.56. The largest absolute Gasteiger partial charge is 0.385 e. The zero-order chi connectivity index (χ0) is 13.9. The van der Waals surface area contributed by atoms with Crippen LogP contribution in [-0.4, -0.2) is 63.2 Å². The molecule has 1 heterocycles. The number of nitrogens with zero attached hydrogens (tertiary/aromatic N) is 2. The second kappa shape index (κ2) is 12.2. The van der Waals surface area contributed by atoms with Crippen molar-refractivity contribution >= 4 is 35.8 Å². The van der Waals surface area contributed by atoms with Gasteiger partial charge in [0.2, 0.25) is 5.91 Å². The standard InChI is InChI=1S/C13H26N4O2.HI/c1-3-14-13(15-7-6-10-19-2)16-11-12(18)17-8-4-5-9-17;/h3-11H2,1-2H3,(H2,14,15,16);1H. The van der Waals surface area contributed by atoms with Gasteiger partial charge in [0.05, 0.1) is 0 Å². The maximum Gasteiger partial charge on any atom is 0.244 e. The summed E-state index contributed by atoms with van der Waals surface area (Å²) in [5, 5.41) is 6.32. The van der Waals surface area contributed by atoms with E-state index < -0.39 is 0 Å². The van der Waals surface area contributed by atoms with Crippen molar-refractivity contribution in [1.29, 1.82) is 0 Å².